The molecule has 10 heteroatoms. The van der Waals surface area contributed by atoms with Crippen LogP contribution in [0.4, 0.5) is 5.69 Å². The van der Waals surface area contributed by atoms with Gasteiger partial charge < -0.3 is 21.3 Å². The first-order valence-electron chi connectivity index (χ1n) is 8.15. The van der Waals surface area contributed by atoms with E-state index in [1.165, 1.54) is 18.2 Å². The van der Waals surface area contributed by atoms with Gasteiger partial charge in [0.05, 0.1) is 10.0 Å². The van der Waals surface area contributed by atoms with E-state index in [4.69, 9.17) is 39.2 Å². The lowest BCUT2D eigenvalue weighted by atomic mass is 10.0. The smallest absolute Gasteiger partial charge is 0.261 e. The van der Waals surface area contributed by atoms with E-state index in [1.807, 2.05) is 0 Å². The maximum Gasteiger partial charge on any atom is 0.261 e. The van der Waals surface area contributed by atoms with Gasteiger partial charge in [-0.1, -0.05) is 34.4 Å². The molecule has 0 fully saturated rings. The first-order chi connectivity index (χ1) is 13.7. The molecule has 0 aliphatic heterocycles. The number of aryl methyl sites for hydroxylation is 1. The predicted octanol–water partition coefficient (Wildman–Crippen LogP) is 3.41. The molecular formula is C19H14Cl2N4O4. The van der Waals surface area contributed by atoms with Crippen molar-refractivity contribution in [2.45, 2.75) is 6.92 Å². The molecular weight excluding hydrogens is 419 g/mol. The van der Waals surface area contributed by atoms with Crippen molar-refractivity contribution in [1.29, 1.82) is 0 Å². The normalized spacial score (nSPS) is 10.6. The number of primary amides is 2. The fourth-order valence-corrected chi connectivity index (χ4v) is 3.29. The van der Waals surface area contributed by atoms with E-state index in [0.717, 1.165) is 0 Å². The Morgan fingerprint density at radius 3 is 2.07 bits per heavy atom. The zero-order valence-corrected chi connectivity index (χ0v) is 16.5. The lowest BCUT2D eigenvalue weighted by Crippen LogP contribution is -2.18. The molecule has 148 valence electrons. The number of amides is 3. The molecule has 0 atom stereocenters. The third-order valence-corrected chi connectivity index (χ3v) is 4.68. The number of nitrogens with zero attached hydrogens (tertiary/aromatic N) is 1. The number of rotatable bonds is 5. The second-order valence-electron chi connectivity index (χ2n) is 6.04. The van der Waals surface area contributed by atoms with Crippen molar-refractivity contribution in [2.24, 2.45) is 11.5 Å². The largest absolute Gasteiger partial charge is 0.366 e. The number of benzene rings is 2. The van der Waals surface area contributed by atoms with Crippen molar-refractivity contribution >= 4 is 46.6 Å². The van der Waals surface area contributed by atoms with Gasteiger partial charge in [-0.3, -0.25) is 14.4 Å². The number of anilines is 1. The second kappa shape index (κ2) is 7.94. The molecule has 0 aliphatic rings. The van der Waals surface area contributed by atoms with Gasteiger partial charge in [0.25, 0.3) is 5.91 Å². The maximum absolute atomic E-state index is 12.9. The van der Waals surface area contributed by atoms with Crippen LogP contribution in [-0.4, -0.2) is 22.9 Å². The number of nitrogens with two attached hydrogens (primary N) is 2. The summed E-state index contributed by atoms with van der Waals surface area (Å²) in [4.78, 5) is 36.0. The zero-order valence-electron chi connectivity index (χ0n) is 15.0. The number of hydrogen-bond acceptors (Lipinski definition) is 5. The fraction of sp³-hybridized carbons (Fsp3) is 0.0526. The number of nitrogens with one attached hydrogen (secondary N) is 1. The van der Waals surface area contributed by atoms with Crippen molar-refractivity contribution in [3.05, 3.63) is 68.9 Å². The third-order valence-electron chi connectivity index (χ3n) is 4.05. The van der Waals surface area contributed by atoms with Gasteiger partial charge in [0.2, 0.25) is 11.8 Å². The Bertz CT molecular complexity index is 1100. The van der Waals surface area contributed by atoms with Crippen LogP contribution in [0.1, 0.15) is 36.8 Å². The van der Waals surface area contributed by atoms with E-state index in [-0.39, 0.29) is 43.9 Å². The van der Waals surface area contributed by atoms with Gasteiger partial charge in [0, 0.05) is 22.4 Å². The summed E-state index contributed by atoms with van der Waals surface area (Å²) >= 11 is 12.4. The van der Waals surface area contributed by atoms with E-state index < -0.39 is 17.7 Å². The van der Waals surface area contributed by atoms with Crippen molar-refractivity contribution in [2.75, 3.05) is 5.32 Å². The number of carbonyl (C=O) groups excluding carboxylic acids is 3. The van der Waals surface area contributed by atoms with Crippen LogP contribution in [0, 0.1) is 6.92 Å². The SMILES string of the molecule is Cc1onc(-c2c(Cl)cccc2Cl)c1C(=O)Nc1cc(C(N)=O)cc(C(N)=O)c1. The summed E-state index contributed by atoms with van der Waals surface area (Å²) in [6.07, 6.45) is 0. The van der Waals surface area contributed by atoms with Crippen LogP contribution in [0.25, 0.3) is 11.3 Å². The Morgan fingerprint density at radius 1 is 1.00 bits per heavy atom. The van der Waals surface area contributed by atoms with Crippen LogP contribution in [0.2, 0.25) is 10.0 Å². The minimum atomic E-state index is -0.784. The highest BCUT2D eigenvalue weighted by molar-refractivity contribution is 6.39. The van der Waals surface area contributed by atoms with Crippen LogP contribution in [0.5, 0.6) is 0 Å². The predicted molar refractivity (Wildman–Crippen MR) is 108 cm³/mol. The van der Waals surface area contributed by atoms with Crippen molar-refractivity contribution < 1.29 is 18.9 Å². The monoisotopic (exact) mass is 432 g/mol. The number of carbonyl (C=O) groups is 3. The van der Waals surface area contributed by atoms with Crippen LogP contribution < -0.4 is 16.8 Å². The molecule has 0 saturated carbocycles. The van der Waals surface area contributed by atoms with Crippen molar-refractivity contribution in [3.63, 3.8) is 0 Å². The summed E-state index contributed by atoms with van der Waals surface area (Å²) in [5.41, 5.74) is 11.3. The molecule has 3 rings (SSSR count). The van der Waals surface area contributed by atoms with Crippen LogP contribution in [-0.2, 0) is 0 Å². The van der Waals surface area contributed by atoms with E-state index >= 15 is 0 Å². The molecule has 8 nitrogen and oxygen atoms in total. The summed E-state index contributed by atoms with van der Waals surface area (Å²) in [7, 11) is 0. The highest BCUT2D eigenvalue weighted by Gasteiger charge is 2.25. The Kier molecular flexibility index (Phi) is 5.58. The van der Waals surface area contributed by atoms with E-state index in [2.05, 4.69) is 10.5 Å². The minimum Gasteiger partial charge on any atom is -0.366 e. The quantitative estimate of drug-likeness (QED) is 0.566. The Morgan fingerprint density at radius 2 is 1.55 bits per heavy atom. The summed E-state index contributed by atoms with van der Waals surface area (Å²) in [6, 6.07) is 8.73. The molecule has 0 unspecified atom stereocenters. The molecule has 0 radical (unpaired) electrons. The number of aromatic nitrogens is 1. The van der Waals surface area contributed by atoms with E-state index in [0.29, 0.717) is 5.56 Å². The molecule has 0 saturated heterocycles. The standard InChI is InChI=1S/C19H14Cl2N4O4/c1-8-14(16(25-29-8)15-12(20)3-2-4-13(15)21)19(28)24-11-6-9(17(22)26)5-10(7-11)18(23)27/h2-7H,1H3,(H2,22,26)(H2,23,27)(H,24,28). The van der Waals surface area contributed by atoms with Gasteiger partial charge in [-0.2, -0.15) is 0 Å². The van der Waals surface area contributed by atoms with Crippen LogP contribution >= 0.6 is 23.2 Å². The molecule has 1 aromatic heterocycles. The maximum atomic E-state index is 12.9. The van der Waals surface area contributed by atoms with Crippen molar-refractivity contribution in [1.82, 2.24) is 5.16 Å². The molecule has 0 aliphatic carbocycles. The van der Waals surface area contributed by atoms with Gasteiger partial charge in [0.15, 0.2) is 0 Å². The molecule has 0 spiro atoms. The lowest BCUT2D eigenvalue weighted by molar-refractivity contribution is 0.0993. The molecule has 3 aromatic rings. The number of hydrogen-bond donors (Lipinski definition) is 3. The van der Waals surface area contributed by atoms with Gasteiger partial charge in [0.1, 0.15) is 17.0 Å². The van der Waals surface area contributed by atoms with Gasteiger partial charge in [-0.25, -0.2) is 0 Å². The average molecular weight is 433 g/mol. The van der Waals surface area contributed by atoms with Gasteiger partial charge >= 0.3 is 0 Å². The number of halogens is 2. The van der Waals surface area contributed by atoms with Gasteiger partial charge in [-0.05, 0) is 37.3 Å². The third kappa shape index (κ3) is 4.08. The summed E-state index contributed by atoms with van der Waals surface area (Å²) in [6.45, 7) is 1.55. The van der Waals surface area contributed by atoms with Crippen LogP contribution in [0.3, 0.4) is 0 Å². The fourth-order valence-electron chi connectivity index (χ4n) is 2.71. The summed E-state index contributed by atoms with van der Waals surface area (Å²) in [5, 5.41) is 7.06. The zero-order chi connectivity index (χ0) is 21.3. The second-order valence-corrected chi connectivity index (χ2v) is 6.86. The molecule has 5 N–H and O–H groups in total. The van der Waals surface area contributed by atoms with E-state index in [9.17, 15) is 14.4 Å². The molecule has 29 heavy (non-hydrogen) atoms. The highest BCUT2D eigenvalue weighted by atomic mass is 35.5. The Balaban J connectivity index is 2.05. The molecule has 3 amide bonds. The average Bonchev–Trinajstić information content (AvgIpc) is 3.02. The first kappa shape index (κ1) is 20.4. The molecule has 2 aromatic carbocycles. The minimum absolute atomic E-state index is 0.00742. The summed E-state index contributed by atoms with van der Waals surface area (Å²) in [5.74, 6) is -1.97. The topological polar surface area (TPSA) is 141 Å². The lowest BCUT2D eigenvalue weighted by Gasteiger charge is -2.10. The highest BCUT2D eigenvalue weighted by Crippen LogP contribution is 2.37. The van der Waals surface area contributed by atoms with Crippen LogP contribution in [0.15, 0.2) is 40.9 Å². The Hall–Kier alpha value is -3.36. The first-order valence-corrected chi connectivity index (χ1v) is 8.91. The summed E-state index contributed by atoms with van der Waals surface area (Å²) < 4.78 is 5.17. The van der Waals surface area contributed by atoms with Gasteiger partial charge in [-0.15, -0.1) is 0 Å². The molecule has 0 bridgehead atoms. The van der Waals surface area contributed by atoms with Crippen molar-refractivity contribution in [3.8, 4) is 11.3 Å². The molecule has 1 heterocycles. The van der Waals surface area contributed by atoms with E-state index in [1.54, 1.807) is 25.1 Å². The Labute approximate surface area is 174 Å².